The highest BCUT2D eigenvalue weighted by molar-refractivity contribution is 6.37. The number of rotatable bonds is 1. The lowest BCUT2D eigenvalue weighted by Crippen LogP contribution is -1.91. The van der Waals surface area contributed by atoms with Crippen molar-refractivity contribution in [3.05, 3.63) is 70.9 Å². The summed E-state index contributed by atoms with van der Waals surface area (Å²) in [6.45, 7) is 4.19. The summed E-state index contributed by atoms with van der Waals surface area (Å²) < 4.78 is 0. The van der Waals surface area contributed by atoms with Crippen LogP contribution in [0.2, 0.25) is 5.02 Å². The third kappa shape index (κ3) is 2.45. The first-order valence-electron chi connectivity index (χ1n) is 7.54. The molecule has 112 valence electrons. The molecule has 1 aromatic heterocycles. The van der Waals surface area contributed by atoms with Crippen LogP contribution >= 0.6 is 11.6 Å². The van der Waals surface area contributed by atoms with Gasteiger partial charge < -0.3 is 0 Å². The van der Waals surface area contributed by atoms with Gasteiger partial charge in [0.25, 0.3) is 0 Å². The Morgan fingerprint density at radius 2 is 1.70 bits per heavy atom. The van der Waals surface area contributed by atoms with Gasteiger partial charge in [-0.25, -0.2) is 4.98 Å². The minimum atomic E-state index is 0.710. The van der Waals surface area contributed by atoms with Crippen molar-refractivity contribution in [2.45, 2.75) is 13.8 Å². The summed E-state index contributed by atoms with van der Waals surface area (Å²) in [4.78, 5) is 9.46. The van der Waals surface area contributed by atoms with Gasteiger partial charge >= 0.3 is 0 Å². The Bertz CT molecular complexity index is 1030. The topological polar surface area (TPSA) is 25.8 Å². The molecule has 4 aromatic rings. The molecule has 0 spiro atoms. The molecular formula is C20H15ClN2. The number of benzene rings is 3. The van der Waals surface area contributed by atoms with Crippen molar-refractivity contribution < 1.29 is 0 Å². The van der Waals surface area contributed by atoms with Gasteiger partial charge in [-0.1, -0.05) is 47.0 Å². The number of nitrogens with zero attached hydrogens (tertiary/aromatic N) is 2. The van der Waals surface area contributed by atoms with Crippen LogP contribution in [0, 0.1) is 13.8 Å². The zero-order chi connectivity index (χ0) is 16.0. The van der Waals surface area contributed by atoms with Gasteiger partial charge in [-0.3, -0.25) is 4.98 Å². The van der Waals surface area contributed by atoms with Crippen LogP contribution in [0.15, 0.2) is 54.7 Å². The Morgan fingerprint density at radius 3 is 2.48 bits per heavy atom. The Hall–Kier alpha value is -2.45. The van der Waals surface area contributed by atoms with E-state index in [1.165, 1.54) is 11.1 Å². The van der Waals surface area contributed by atoms with E-state index in [1.807, 2.05) is 36.5 Å². The fraction of sp³-hybridized carbons (Fsp3) is 0.100. The van der Waals surface area contributed by atoms with Crippen molar-refractivity contribution in [2.75, 3.05) is 0 Å². The van der Waals surface area contributed by atoms with Crippen LogP contribution in [-0.4, -0.2) is 9.97 Å². The Balaban J connectivity index is 1.98. The smallest absolute Gasteiger partial charge is 0.0980 e. The Kier molecular flexibility index (Phi) is 3.28. The van der Waals surface area contributed by atoms with Crippen molar-refractivity contribution >= 4 is 33.4 Å². The SMILES string of the molecule is Cc1cc(C)cc(-c2cnc3c(ccc4cccc(Cl)c43)n2)c1. The second-order valence-electron chi connectivity index (χ2n) is 5.90. The van der Waals surface area contributed by atoms with Gasteiger partial charge in [-0.05, 0) is 43.5 Å². The monoisotopic (exact) mass is 318 g/mol. The number of aromatic nitrogens is 2. The molecule has 0 aliphatic carbocycles. The third-order valence-corrected chi connectivity index (χ3v) is 4.34. The van der Waals surface area contributed by atoms with Gasteiger partial charge in [0.1, 0.15) is 0 Å². The molecule has 0 saturated carbocycles. The summed E-state index contributed by atoms with van der Waals surface area (Å²) >= 11 is 6.37. The van der Waals surface area contributed by atoms with E-state index >= 15 is 0 Å². The van der Waals surface area contributed by atoms with Crippen LogP contribution in [0.1, 0.15) is 11.1 Å². The maximum absolute atomic E-state index is 6.37. The first-order valence-corrected chi connectivity index (χ1v) is 7.92. The minimum Gasteiger partial charge on any atom is -0.252 e. The van der Waals surface area contributed by atoms with Crippen molar-refractivity contribution in [3.63, 3.8) is 0 Å². The van der Waals surface area contributed by atoms with Crippen LogP contribution in [-0.2, 0) is 0 Å². The van der Waals surface area contributed by atoms with Crippen LogP contribution in [0.5, 0.6) is 0 Å². The molecule has 0 radical (unpaired) electrons. The molecule has 3 aromatic carbocycles. The highest BCUT2D eigenvalue weighted by Gasteiger charge is 2.09. The summed E-state index contributed by atoms with van der Waals surface area (Å²) in [6, 6.07) is 16.4. The van der Waals surface area contributed by atoms with Gasteiger partial charge in [0.15, 0.2) is 0 Å². The highest BCUT2D eigenvalue weighted by atomic mass is 35.5. The summed E-state index contributed by atoms with van der Waals surface area (Å²) in [5.74, 6) is 0. The number of hydrogen-bond acceptors (Lipinski definition) is 2. The van der Waals surface area contributed by atoms with Gasteiger partial charge in [0, 0.05) is 10.9 Å². The summed E-state index contributed by atoms with van der Waals surface area (Å²) in [6.07, 6.45) is 1.83. The largest absolute Gasteiger partial charge is 0.252 e. The van der Waals surface area contributed by atoms with Gasteiger partial charge in [0.2, 0.25) is 0 Å². The average molecular weight is 319 g/mol. The lowest BCUT2D eigenvalue weighted by molar-refractivity contribution is 1.29. The molecule has 0 bridgehead atoms. The van der Waals surface area contributed by atoms with E-state index in [2.05, 4.69) is 37.0 Å². The molecule has 3 heteroatoms. The summed E-state index contributed by atoms with van der Waals surface area (Å²) in [5.41, 5.74) is 6.14. The van der Waals surface area contributed by atoms with E-state index in [0.29, 0.717) is 5.02 Å². The molecule has 0 amide bonds. The molecule has 0 saturated heterocycles. The van der Waals surface area contributed by atoms with E-state index in [4.69, 9.17) is 16.6 Å². The van der Waals surface area contributed by atoms with Crippen LogP contribution in [0.25, 0.3) is 33.1 Å². The minimum absolute atomic E-state index is 0.710. The van der Waals surface area contributed by atoms with E-state index in [0.717, 1.165) is 33.1 Å². The summed E-state index contributed by atoms with van der Waals surface area (Å²) in [7, 11) is 0. The van der Waals surface area contributed by atoms with E-state index in [9.17, 15) is 0 Å². The molecule has 0 aliphatic heterocycles. The van der Waals surface area contributed by atoms with E-state index in [-0.39, 0.29) is 0 Å². The van der Waals surface area contributed by atoms with E-state index in [1.54, 1.807) is 0 Å². The maximum atomic E-state index is 6.37. The van der Waals surface area contributed by atoms with Crippen molar-refractivity contribution in [3.8, 4) is 11.3 Å². The van der Waals surface area contributed by atoms with Gasteiger partial charge in [-0.15, -0.1) is 0 Å². The molecular weight excluding hydrogens is 304 g/mol. The predicted molar refractivity (Wildman–Crippen MR) is 97.0 cm³/mol. The lowest BCUT2D eigenvalue weighted by Gasteiger charge is -2.08. The molecule has 0 N–H and O–H groups in total. The van der Waals surface area contributed by atoms with Crippen molar-refractivity contribution in [1.82, 2.24) is 9.97 Å². The Morgan fingerprint density at radius 1 is 0.913 bits per heavy atom. The van der Waals surface area contributed by atoms with Gasteiger partial charge in [-0.2, -0.15) is 0 Å². The fourth-order valence-corrected chi connectivity index (χ4v) is 3.34. The first kappa shape index (κ1) is 14.2. The summed E-state index contributed by atoms with van der Waals surface area (Å²) in [5, 5.41) is 2.76. The molecule has 23 heavy (non-hydrogen) atoms. The van der Waals surface area contributed by atoms with E-state index < -0.39 is 0 Å². The highest BCUT2D eigenvalue weighted by Crippen LogP contribution is 2.30. The Labute approximate surface area is 139 Å². The number of fused-ring (bicyclic) bond motifs is 3. The zero-order valence-corrected chi connectivity index (χ0v) is 13.7. The molecule has 4 rings (SSSR count). The molecule has 2 nitrogen and oxygen atoms in total. The van der Waals surface area contributed by atoms with Crippen LogP contribution < -0.4 is 0 Å². The number of hydrogen-bond donors (Lipinski definition) is 0. The third-order valence-electron chi connectivity index (χ3n) is 4.02. The number of halogens is 1. The van der Waals surface area contributed by atoms with Crippen molar-refractivity contribution in [2.24, 2.45) is 0 Å². The van der Waals surface area contributed by atoms with Gasteiger partial charge in [0.05, 0.1) is 27.9 Å². The average Bonchev–Trinajstić information content (AvgIpc) is 2.53. The van der Waals surface area contributed by atoms with Crippen LogP contribution in [0.4, 0.5) is 0 Å². The quantitative estimate of drug-likeness (QED) is 0.419. The second kappa shape index (κ2) is 5.32. The lowest BCUT2D eigenvalue weighted by atomic mass is 10.0. The zero-order valence-electron chi connectivity index (χ0n) is 13.0. The molecule has 0 atom stereocenters. The fourth-order valence-electron chi connectivity index (χ4n) is 3.07. The van der Waals surface area contributed by atoms with Crippen molar-refractivity contribution in [1.29, 1.82) is 0 Å². The molecule has 1 heterocycles. The standard InChI is InChI=1S/C20H15ClN2/c1-12-8-13(2)10-15(9-12)18-11-22-20-17(23-18)7-6-14-4-3-5-16(21)19(14)20/h3-11H,1-2H3. The molecule has 0 fully saturated rings. The number of aryl methyl sites for hydroxylation is 2. The van der Waals surface area contributed by atoms with Crippen LogP contribution in [0.3, 0.4) is 0 Å². The molecule has 0 unspecified atom stereocenters. The first-order chi connectivity index (χ1) is 11.1. The maximum Gasteiger partial charge on any atom is 0.0980 e. The predicted octanol–water partition coefficient (Wildman–Crippen LogP) is 5.72. The molecule has 0 aliphatic rings. The normalized spacial score (nSPS) is 11.3. The second-order valence-corrected chi connectivity index (χ2v) is 6.31.